The van der Waals surface area contributed by atoms with Crippen molar-refractivity contribution in [3.8, 4) is 22.6 Å². The standard InChI is InChI=1S/C41H52O4/c1-4-6-8-9-10-11-12-14-27-43-39-24-21-35(22-25-39)34-17-15-33(16-18-34)31-45-40-26-23-37-29-36(19-20-38(37)30-40)32(3)41(42)44-28-13-7-5-2/h15-26,29-30,32H,4-14,27-28,31H2,1-3H3/t32-/m0/s1. The van der Waals surface area contributed by atoms with Gasteiger partial charge < -0.3 is 14.2 Å². The normalized spacial score (nSPS) is 11.8. The van der Waals surface area contributed by atoms with Crippen LogP contribution in [0.25, 0.3) is 21.9 Å². The van der Waals surface area contributed by atoms with Crippen LogP contribution in [0.15, 0.2) is 84.9 Å². The molecule has 0 N–H and O–H groups in total. The highest BCUT2D eigenvalue weighted by molar-refractivity contribution is 5.86. The van der Waals surface area contributed by atoms with E-state index in [0.29, 0.717) is 13.2 Å². The molecular formula is C41H52O4. The maximum absolute atomic E-state index is 12.5. The average molecular weight is 609 g/mol. The minimum atomic E-state index is -0.286. The Morgan fingerprint density at radius 3 is 1.84 bits per heavy atom. The number of fused-ring (bicyclic) bond motifs is 1. The van der Waals surface area contributed by atoms with Crippen molar-refractivity contribution < 1.29 is 19.0 Å². The van der Waals surface area contributed by atoms with Crippen LogP contribution in [0.5, 0.6) is 11.5 Å². The molecule has 4 aromatic rings. The third kappa shape index (κ3) is 11.3. The summed E-state index contributed by atoms with van der Waals surface area (Å²) in [5.74, 6) is 1.32. The van der Waals surface area contributed by atoms with Gasteiger partial charge in [-0.3, -0.25) is 4.79 Å². The Morgan fingerprint density at radius 2 is 1.13 bits per heavy atom. The van der Waals surface area contributed by atoms with Crippen molar-refractivity contribution in [3.05, 3.63) is 96.1 Å². The van der Waals surface area contributed by atoms with Gasteiger partial charge in [0.1, 0.15) is 18.1 Å². The summed E-state index contributed by atoms with van der Waals surface area (Å²) in [7, 11) is 0. The summed E-state index contributed by atoms with van der Waals surface area (Å²) in [5.41, 5.74) is 4.44. The van der Waals surface area contributed by atoms with Crippen molar-refractivity contribution in [1.82, 2.24) is 0 Å². The van der Waals surface area contributed by atoms with Gasteiger partial charge in [0.25, 0.3) is 0 Å². The zero-order valence-electron chi connectivity index (χ0n) is 27.7. The van der Waals surface area contributed by atoms with E-state index in [1.807, 2.05) is 19.1 Å². The molecule has 4 rings (SSSR count). The molecule has 1 atom stereocenters. The van der Waals surface area contributed by atoms with Crippen LogP contribution < -0.4 is 9.47 Å². The van der Waals surface area contributed by atoms with Crippen LogP contribution in [-0.4, -0.2) is 19.2 Å². The molecule has 4 aromatic carbocycles. The molecule has 0 radical (unpaired) electrons. The number of unbranched alkanes of at least 4 members (excludes halogenated alkanes) is 9. The molecule has 0 bridgehead atoms. The minimum absolute atomic E-state index is 0.160. The quantitative estimate of drug-likeness (QED) is 0.0739. The van der Waals surface area contributed by atoms with Crippen LogP contribution in [0.2, 0.25) is 0 Å². The summed E-state index contributed by atoms with van der Waals surface area (Å²) >= 11 is 0. The Balaban J connectivity index is 1.21. The van der Waals surface area contributed by atoms with E-state index in [2.05, 4.69) is 86.6 Å². The highest BCUT2D eigenvalue weighted by atomic mass is 16.5. The molecule has 4 heteroatoms. The van der Waals surface area contributed by atoms with E-state index in [1.165, 1.54) is 56.1 Å². The zero-order valence-corrected chi connectivity index (χ0v) is 27.7. The van der Waals surface area contributed by atoms with Gasteiger partial charge in [-0.15, -0.1) is 0 Å². The van der Waals surface area contributed by atoms with Gasteiger partial charge in [-0.05, 0) is 77.1 Å². The molecule has 0 aliphatic heterocycles. The minimum Gasteiger partial charge on any atom is -0.494 e. The van der Waals surface area contributed by atoms with Gasteiger partial charge >= 0.3 is 5.97 Å². The Kier molecular flexibility index (Phi) is 14.3. The van der Waals surface area contributed by atoms with Gasteiger partial charge in [-0.2, -0.15) is 0 Å². The van der Waals surface area contributed by atoms with E-state index in [1.54, 1.807) is 0 Å². The SMILES string of the molecule is CCCCCCCCCCOc1ccc(-c2ccc(COc3ccc4cc([C@H](C)C(=O)OCCCCC)ccc4c3)cc2)cc1. The second kappa shape index (κ2) is 18.9. The summed E-state index contributed by atoms with van der Waals surface area (Å²) in [6.45, 7) is 8.10. The van der Waals surface area contributed by atoms with Crippen molar-refractivity contribution in [1.29, 1.82) is 0 Å². The summed E-state index contributed by atoms with van der Waals surface area (Å²) < 4.78 is 17.6. The summed E-state index contributed by atoms with van der Waals surface area (Å²) in [6.07, 6.45) is 13.6. The van der Waals surface area contributed by atoms with Crippen LogP contribution in [-0.2, 0) is 16.1 Å². The molecule has 240 valence electrons. The Bertz CT molecular complexity index is 1420. The molecule has 0 saturated heterocycles. The van der Waals surface area contributed by atoms with Crippen LogP contribution in [0.1, 0.15) is 108 Å². The van der Waals surface area contributed by atoms with Crippen molar-refractivity contribution >= 4 is 16.7 Å². The lowest BCUT2D eigenvalue weighted by Crippen LogP contribution is -2.14. The van der Waals surface area contributed by atoms with Gasteiger partial charge in [-0.25, -0.2) is 0 Å². The van der Waals surface area contributed by atoms with Gasteiger partial charge in [-0.1, -0.05) is 132 Å². The fraction of sp³-hybridized carbons (Fsp3) is 0.439. The molecule has 0 unspecified atom stereocenters. The maximum Gasteiger partial charge on any atom is 0.313 e. The lowest BCUT2D eigenvalue weighted by atomic mass is 9.98. The highest BCUT2D eigenvalue weighted by Crippen LogP contribution is 2.27. The molecule has 0 aliphatic carbocycles. The number of carbonyl (C=O) groups is 1. The van der Waals surface area contributed by atoms with Crippen LogP contribution >= 0.6 is 0 Å². The first-order valence-corrected chi connectivity index (χ1v) is 17.2. The number of carbonyl (C=O) groups excluding carboxylic acids is 1. The second-order valence-corrected chi connectivity index (χ2v) is 12.2. The van der Waals surface area contributed by atoms with Gasteiger partial charge in [0.15, 0.2) is 0 Å². The average Bonchev–Trinajstić information content (AvgIpc) is 3.08. The maximum atomic E-state index is 12.5. The number of ether oxygens (including phenoxy) is 3. The van der Waals surface area contributed by atoms with Gasteiger partial charge in [0.05, 0.1) is 19.1 Å². The molecule has 0 fully saturated rings. The fourth-order valence-electron chi connectivity index (χ4n) is 5.52. The monoisotopic (exact) mass is 608 g/mol. The topological polar surface area (TPSA) is 44.8 Å². The molecule has 0 spiro atoms. The summed E-state index contributed by atoms with van der Waals surface area (Å²) in [4.78, 5) is 12.5. The summed E-state index contributed by atoms with van der Waals surface area (Å²) in [6, 6.07) is 29.2. The molecule has 0 aromatic heterocycles. The van der Waals surface area contributed by atoms with Crippen LogP contribution in [0.3, 0.4) is 0 Å². The van der Waals surface area contributed by atoms with Gasteiger partial charge in [0, 0.05) is 0 Å². The first kappa shape index (κ1) is 34.1. The fourth-order valence-corrected chi connectivity index (χ4v) is 5.52. The molecule has 0 aliphatic rings. The van der Waals surface area contributed by atoms with E-state index in [4.69, 9.17) is 14.2 Å². The highest BCUT2D eigenvalue weighted by Gasteiger charge is 2.17. The largest absolute Gasteiger partial charge is 0.494 e. The van der Waals surface area contributed by atoms with Crippen LogP contribution in [0, 0.1) is 0 Å². The van der Waals surface area contributed by atoms with E-state index in [9.17, 15) is 4.79 Å². The predicted molar refractivity (Wildman–Crippen MR) is 187 cm³/mol. The van der Waals surface area contributed by atoms with Gasteiger partial charge in [0.2, 0.25) is 0 Å². The third-order valence-corrected chi connectivity index (χ3v) is 8.50. The number of rotatable bonds is 20. The number of hydrogen-bond acceptors (Lipinski definition) is 4. The lowest BCUT2D eigenvalue weighted by Gasteiger charge is -2.13. The van der Waals surface area contributed by atoms with Crippen molar-refractivity contribution in [2.75, 3.05) is 13.2 Å². The summed E-state index contributed by atoms with van der Waals surface area (Å²) in [5, 5.41) is 2.17. The number of benzene rings is 4. The molecule has 0 amide bonds. The van der Waals surface area contributed by atoms with E-state index in [-0.39, 0.29) is 11.9 Å². The Hall–Kier alpha value is -3.79. The molecule has 0 saturated carbocycles. The lowest BCUT2D eigenvalue weighted by molar-refractivity contribution is -0.145. The van der Waals surface area contributed by atoms with Crippen molar-refractivity contribution in [2.24, 2.45) is 0 Å². The number of hydrogen-bond donors (Lipinski definition) is 0. The zero-order chi connectivity index (χ0) is 31.7. The predicted octanol–water partition coefficient (Wildman–Crippen LogP) is 11.4. The molecule has 4 nitrogen and oxygen atoms in total. The first-order valence-electron chi connectivity index (χ1n) is 17.2. The van der Waals surface area contributed by atoms with Crippen molar-refractivity contribution in [3.63, 3.8) is 0 Å². The smallest absolute Gasteiger partial charge is 0.313 e. The first-order chi connectivity index (χ1) is 22.1. The van der Waals surface area contributed by atoms with Crippen molar-refractivity contribution in [2.45, 2.75) is 104 Å². The van der Waals surface area contributed by atoms with E-state index >= 15 is 0 Å². The Labute approximate surface area is 271 Å². The molecule has 0 heterocycles. The number of esters is 1. The second-order valence-electron chi connectivity index (χ2n) is 12.2. The Morgan fingerprint density at radius 1 is 0.578 bits per heavy atom. The molecular weight excluding hydrogens is 556 g/mol. The van der Waals surface area contributed by atoms with Crippen LogP contribution in [0.4, 0.5) is 0 Å². The molecule has 45 heavy (non-hydrogen) atoms. The van der Waals surface area contributed by atoms with E-state index in [0.717, 1.165) is 65.7 Å². The van der Waals surface area contributed by atoms with E-state index < -0.39 is 0 Å². The third-order valence-electron chi connectivity index (χ3n) is 8.50.